The highest BCUT2D eigenvalue weighted by Crippen LogP contribution is 2.15. The highest BCUT2D eigenvalue weighted by molar-refractivity contribution is 6.30. The van der Waals surface area contributed by atoms with Crippen LogP contribution >= 0.6 is 11.6 Å². The standard InChI is InChI=1S/C17H31ClN4/c1-13(2)15(4)20-22(6)21(5)12-11-14(3)19-17-9-7-16(18)8-10-17/h7-10,13-15,19-20H,11-12H2,1-6H3. The molecule has 126 valence electrons. The van der Waals surface area contributed by atoms with E-state index in [2.05, 4.69) is 62.7 Å². The van der Waals surface area contributed by atoms with Crippen molar-refractivity contribution in [1.29, 1.82) is 0 Å². The van der Waals surface area contributed by atoms with Crippen LogP contribution in [-0.2, 0) is 0 Å². The number of hydrazine groups is 2. The Kier molecular flexibility index (Phi) is 8.18. The van der Waals surface area contributed by atoms with E-state index in [9.17, 15) is 0 Å². The Morgan fingerprint density at radius 2 is 1.64 bits per heavy atom. The smallest absolute Gasteiger partial charge is 0.0407 e. The average Bonchev–Trinajstić information content (AvgIpc) is 2.46. The summed E-state index contributed by atoms with van der Waals surface area (Å²) in [5.41, 5.74) is 4.59. The van der Waals surface area contributed by atoms with E-state index in [1.54, 1.807) is 0 Å². The van der Waals surface area contributed by atoms with Crippen LogP contribution in [0.2, 0.25) is 5.02 Å². The maximum absolute atomic E-state index is 5.90. The summed E-state index contributed by atoms with van der Waals surface area (Å²) in [4.78, 5) is 0. The van der Waals surface area contributed by atoms with Gasteiger partial charge in [0.05, 0.1) is 0 Å². The van der Waals surface area contributed by atoms with Crippen molar-refractivity contribution in [2.75, 3.05) is 26.0 Å². The number of hydrogen-bond donors (Lipinski definition) is 2. The molecule has 4 nitrogen and oxygen atoms in total. The summed E-state index contributed by atoms with van der Waals surface area (Å²) in [6.45, 7) is 9.84. The van der Waals surface area contributed by atoms with Crippen LogP contribution in [0.15, 0.2) is 24.3 Å². The summed E-state index contributed by atoms with van der Waals surface area (Å²) < 4.78 is 0. The summed E-state index contributed by atoms with van der Waals surface area (Å²) >= 11 is 5.90. The Balaban J connectivity index is 2.33. The van der Waals surface area contributed by atoms with Crippen molar-refractivity contribution in [3.05, 3.63) is 29.3 Å². The zero-order valence-electron chi connectivity index (χ0n) is 14.7. The Labute approximate surface area is 140 Å². The van der Waals surface area contributed by atoms with Crippen LogP contribution in [0, 0.1) is 5.92 Å². The van der Waals surface area contributed by atoms with Crippen LogP contribution in [0.4, 0.5) is 5.69 Å². The number of halogens is 1. The minimum Gasteiger partial charge on any atom is -0.383 e. The first-order valence-electron chi connectivity index (χ1n) is 8.02. The highest BCUT2D eigenvalue weighted by Gasteiger charge is 2.13. The van der Waals surface area contributed by atoms with Crippen LogP contribution in [0.1, 0.15) is 34.1 Å². The summed E-state index contributed by atoms with van der Waals surface area (Å²) in [5, 5.41) is 8.56. The molecule has 2 unspecified atom stereocenters. The SMILES string of the molecule is CC(CCN(C)N(C)NC(C)C(C)C)Nc1ccc(Cl)cc1. The van der Waals surface area contributed by atoms with Crippen LogP contribution in [0.5, 0.6) is 0 Å². The van der Waals surface area contributed by atoms with Gasteiger partial charge in [-0.15, -0.1) is 0 Å². The van der Waals surface area contributed by atoms with Gasteiger partial charge in [-0.3, -0.25) is 0 Å². The minimum atomic E-state index is 0.402. The topological polar surface area (TPSA) is 30.5 Å². The number of nitrogens with zero attached hydrogens (tertiary/aromatic N) is 2. The molecule has 1 aromatic carbocycles. The number of nitrogens with one attached hydrogen (secondary N) is 2. The Hall–Kier alpha value is -0.810. The van der Waals surface area contributed by atoms with E-state index in [-0.39, 0.29) is 0 Å². The van der Waals surface area contributed by atoms with E-state index in [0.29, 0.717) is 18.0 Å². The van der Waals surface area contributed by atoms with Crippen LogP contribution in [0.25, 0.3) is 0 Å². The molecule has 0 saturated heterocycles. The first-order valence-corrected chi connectivity index (χ1v) is 8.40. The predicted octanol–water partition coefficient (Wildman–Crippen LogP) is 3.86. The van der Waals surface area contributed by atoms with E-state index in [1.807, 2.05) is 24.3 Å². The third kappa shape index (κ3) is 6.97. The first-order chi connectivity index (χ1) is 10.3. The molecule has 22 heavy (non-hydrogen) atoms. The zero-order chi connectivity index (χ0) is 16.7. The molecule has 0 aromatic heterocycles. The molecule has 5 heteroatoms. The Morgan fingerprint density at radius 3 is 2.18 bits per heavy atom. The second-order valence-electron chi connectivity index (χ2n) is 6.41. The van der Waals surface area contributed by atoms with Gasteiger partial charge < -0.3 is 5.32 Å². The van der Waals surface area contributed by atoms with E-state index in [4.69, 9.17) is 11.6 Å². The fraction of sp³-hybridized carbons (Fsp3) is 0.647. The lowest BCUT2D eigenvalue weighted by Crippen LogP contribution is -2.51. The molecule has 0 radical (unpaired) electrons. The Morgan fingerprint density at radius 1 is 1.05 bits per heavy atom. The van der Waals surface area contributed by atoms with E-state index in [0.717, 1.165) is 23.7 Å². The van der Waals surface area contributed by atoms with Crippen LogP contribution in [0.3, 0.4) is 0 Å². The number of anilines is 1. The second-order valence-corrected chi connectivity index (χ2v) is 6.84. The van der Waals surface area contributed by atoms with Gasteiger partial charge in [-0.1, -0.05) is 25.4 Å². The van der Waals surface area contributed by atoms with Crippen molar-refractivity contribution in [1.82, 2.24) is 15.6 Å². The fourth-order valence-corrected chi connectivity index (χ4v) is 2.10. The molecule has 1 aromatic rings. The highest BCUT2D eigenvalue weighted by atomic mass is 35.5. The van der Waals surface area contributed by atoms with Crippen molar-refractivity contribution >= 4 is 17.3 Å². The van der Waals surface area contributed by atoms with Gasteiger partial charge in [-0.05, 0) is 50.5 Å². The minimum absolute atomic E-state index is 0.402. The zero-order valence-corrected chi connectivity index (χ0v) is 15.5. The van der Waals surface area contributed by atoms with Crippen LogP contribution in [-0.4, -0.2) is 42.9 Å². The molecule has 0 aliphatic rings. The van der Waals surface area contributed by atoms with E-state index < -0.39 is 0 Å². The quantitative estimate of drug-likeness (QED) is 0.675. The molecular formula is C17H31ClN4. The molecule has 0 saturated carbocycles. The van der Waals surface area contributed by atoms with Gasteiger partial charge >= 0.3 is 0 Å². The third-order valence-electron chi connectivity index (χ3n) is 4.05. The van der Waals surface area contributed by atoms with Crippen molar-refractivity contribution < 1.29 is 0 Å². The average molecular weight is 327 g/mol. The summed E-state index contributed by atoms with van der Waals surface area (Å²) in [6.07, 6.45) is 1.06. The van der Waals surface area contributed by atoms with Gasteiger partial charge in [-0.25, -0.2) is 10.4 Å². The molecule has 0 aliphatic heterocycles. The molecule has 0 fully saturated rings. The summed E-state index contributed by atoms with van der Waals surface area (Å²) in [7, 11) is 4.17. The molecule has 2 N–H and O–H groups in total. The van der Waals surface area contributed by atoms with Crippen molar-refractivity contribution in [2.45, 2.75) is 46.2 Å². The van der Waals surface area contributed by atoms with Gasteiger partial charge in [-0.2, -0.15) is 5.12 Å². The van der Waals surface area contributed by atoms with Gasteiger partial charge in [0.1, 0.15) is 0 Å². The van der Waals surface area contributed by atoms with Crippen molar-refractivity contribution in [2.24, 2.45) is 5.92 Å². The van der Waals surface area contributed by atoms with Gasteiger partial charge in [0.25, 0.3) is 0 Å². The lowest BCUT2D eigenvalue weighted by atomic mass is 10.1. The lowest BCUT2D eigenvalue weighted by molar-refractivity contribution is -0.0403. The first kappa shape index (κ1) is 19.2. The van der Waals surface area contributed by atoms with Crippen LogP contribution < -0.4 is 10.7 Å². The maximum atomic E-state index is 5.90. The normalized spacial score (nSPS) is 14.6. The second kappa shape index (κ2) is 9.36. The molecule has 0 heterocycles. The largest absolute Gasteiger partial charge is 0.383 e. The maximum Gasteiger partial charge on any atom is 0.0407 e. The predicted molar refractivity (Wildman–Crippen MR) is 97.0 cm³/mol. The molecule has 0 amide bonds. The van der Waals surface area contributed by atoms with Gasteiger partial charge in [0.15, 0.2) is 0 Å². The molecule has 0 aliphatic carbocycles. The van der Waals surface area contributed by atoms with E-state index in [1.165, 1.54) is 0 Å². The molecular weight excluding hydrogens is 296 g/mol. The van der Waals surface area contributed by atoms with Gasteiger partial charge in [0.2, 0.25) is 0 Å². The number of hydrogen-bond acceptors (Lipinski definition) is 4. The lowest BCUT2D eigenvalue weighted by Gasteiger charge is -2.33. The molecule has 2 atom stereocenters. The monoisotopic (exact) mass is 326 g/mol. The molecule has 0 bridgehead atoms. The van der Waals surface area contributed by atoms with E-state index >= 15 is 0 Å². The molecule has 1 rings (SSSR count). The Bertz CT molecular complexity index is 421. The fourth-order valence-electron chi connectivity index (χ4n) is 1.98. The summed E-state index contributed by atoms with van der Waals surface area (Å²) in [5.74, 6) is 0.612. The third-order valence-corrected chi connectivity index (χ3v) is 4.30. The molecule has 0 spiro atoms. The number of rotatable bonds is 9. The van der Waals surface area contributed by atoms with Gasteiger partial charge in [0, 0.05) is 43.4 Å². The van der Waals surface area contributed by atoms with Crippen molar-refractivity contribution in [3.63, 3.8) is 0 Å². The summed E-state index contributed by atoms with van der Waals surface area (Å²) in [6, 6.07) is 8.71. The van der Waals surface area contributed by atoms with Crippen molar-refractivity contribution in [3.8, 4) is 0 Å². The number of benzene rings is 1.